The summed E-state index contributed by atoms with van der Waals surface area (Å²) in [6.45, 7) is 5.14. The fourth-order valence-corrected chi connectivity index (χ4v) is 7.05. The Kier molecular flexibility index (Phi) is 15.0. The summed E-state index contributed by atoms with van der Waals surface area (Å²) in [4.78, 5) is 10.8. The first-order valence-corrected chi connectivity index (χ1v) is 18.2. The van der Waals surface area contributed by atoms with E-state index in [1.54, 1.807) is 0 Å². The molecular weight excluding hydrogens is 757 g/mol. The number of aliphatic hydroxyl groups is 2. The van der Waals surface area contributed by atoms with Gasteiger partial charge in [-0.05, 0) is 110 Å². The van der Waals surface area contributed by atoms with E-state index in [0.29, 0.717) is 23.1 Å². The van der Waals surface area contributed by atoms with Crippen LogP contribution in [0.4, 0.5) is 13.2 Å². The number of carbonyl (C=O) groups excluding carboxylic acids is 1. The highest BCUT2D eigenvalue weighted by molar-refractivity contribution is 6.31. The molecule has 52 heavy (non-hydrogen) atoms. The van der Waals surface area contributed by atoms with E-state index in [1.807, 2.05) is 79.8 Å². The summed E-state index contributed by atoms with van der Waals surface area (Å²) in [5, 5.41) is 30.1. The average molecular weight is 800 g/mol. The van der Waals surface area contributed by atoms with Crippen molar-refractivity contribution in [1.82, 2.24) is 15.5 Å². The predicted molar refractivity (Wildman–Crippen MR) is 204 cm³/mol. The number of likely N-dealkylation sites (N-methyl/N-ethyl adjacent to an activating group) is 1. The van der Waals surface area contributed by atoms with Crippen LogP contribution in [0.2, 0.25) is 20.1 Å². The van der Waals surface area contributed by atoms with Crippen LogP contribution in [0.25, 0.3) is 0 Å². The number of halogens is 7. The molecule has 0 saturated carbocycles. The van der Waals surface area contributed by atoms with Gasteiger partial charge in [0, 0.05) is 51.7 Å². The van der Waals surface area contributed by atoms with E-state index in [0.717, 1.165) is 66.6 Å². The second-order valence-corrected chi connectivity index (χ2v) is 14.9. The third-order valence-corrected chi connectivity index (χ3v) is 10.4. The topological polar surface area (TPSA) is 84.8 Å². The quantitative estimate of drug-likeness (QED) is 0.155. The maximum atomic E-state index is 10.4. The molecule has 0 aliphatic carbocycles. The lowest BCUT2D eigenvalue weighted by Crippen LogP contribution is -2.30. The van der Waals surface area contributed by atoms with Crippen LogP contribution < -0.4 is 10.6 Å². The highest BCUT2D eigenvalue weighted by Crippen LogP contribution is 2.39. The van der Waals surface area contributed by atoms with Crippen molar-refractivity contribution in [2.75, 3.05) is 46.3 Å². The van der Waals surface area contributed by atoms with Gasteiger partial charge in [-0.2, -0.15) is 13.2 Å². The van der Waals surface area contributed by atoms with Crippen LogP contribution in [0.1, 0.15) is 41.5 Å². The summed E-state index contributed by atoms with van der Waals surface area (Å²) in [5.74, 6) is 0. The van der Waals surface area contributed by atoms with E-state index in [-0.39, 0.29) is 5.41 Å². The number of hydrogen-bond donors (Lipinski definition) is 4. The van der Waals surface area contributed by atoms with Gasteiger partial charge in [-0.15, -0.1) is 0 Å². The molecule has 13 heteroatoms. The Hall–Kier alpha value is -2.70. The number of nitrogens with zero attached hydrogens (tertiary/aromatic N) is 1. The van der Waals surface area contributed by atoms with E-state index >= 15 is 0 Å². The Morgan fingerprint density at radius 1 is 0.615 bits per heavy atom. The zero-order valence-corrected chi connectivity index (χ0v) is 31.6. The van der Waals surface area contributed by atoms with E-state index in [2.05, 4.69) is 39.8 Å². The van der Waals surface area contributed by atoms with Crippen molar-refractivity contribution in [3.8, 4) is 0 Å². The lowest BCUT2D eigenvalue weighted by Gasteiger charge is -2.29. The van der Waals surface area contributed by atoms with Gasteiger partial charge in [0.25, 0.3) is 0 Å². The van der Waals surface area contributed by atoms with Crippen LogP contribution in [-0.2, 0) is 21.4 Å². The Balaban J connectivity index is 0.000000165. The number of β-amino-alcohol motifs (C(OH)–C–C–N with tert-alkyl or cyclic N) is 2. The van der Waals surface area contributed by atoms with Crippen LogP contribution in [0, 0.1) is 0 Å². The number of aldehydes is 1. The highest BCUT2D eigenvalue weighted by Gasteiger charge is 2.38. The number of hydrogen-bond acceptors (Lipinski definition) is 6. The Labute approximate surface area is 322 Å². The third kappa shape index (κ3) is 11.6. The van der Waals surface area contributed by atoms with Crippen molar-refractivity contribution < 1.29 is 28.2 Å². The van der Waals surface area contributed by atoms with Gasteiger partial charge in [0.15, 0.2) is 0 Å². The molecule has 4 aromatic rings. The summed E-state index contributed by atoms with van der Waals surface area (Å²) >= 11 is 23.6. The molecule has 6 nitrogen and oxygen atoms in total. The van der Waals surface area contributed by atoms with Crippen LogP contribution in [-0.4, -0.2) is 73.9 Å². The van der Waals surface area contributed by atoms with Gasteiger partial charge in [-0.25, -0.2) is 0 Å². The molecule has 0 amide bonds. The number of likely N-dealkylation sites (tertiary alicyclic amines) is 1. The minimum absolute atomic E-state index is 0.0369. The standard InChI is InChI=1S/C16H15Cl2N.C11H14ClNO.C10H12ClNO.C2HF3O/c17-14-5-1-12(2-6-14)16(9-10-19-11-16)13-3-7-15(18)8-4-13;1-13-7-6-11(14,8-13)9-2-4-10(12)5-3-9;11-9-3-1-8(2-4-9)10(13)5-6-12-7-10;3-2(4,5)1-6/h1-8,19H,9-11H2;2-5,14H,6-8H2,1H3;1-4,12-13H,5-7H2;1H. The van der Waals surface area contributed by atoms with E-state index in [4.69, 9.17) is 51.2 Å². The van der Waals surface area contributed by atoms with Gasteiger partial charge in [-0.3, -0.25) is 4.79 Å². The van der Waals surface area contributed by atoms with Gasteiger partial charge >= 0.3 is 6.18 Å². The fraction of sp³-hybridized carbons (Fsp3) is 0.359. The minimum atomic E-state index is -4.64. The minimum Gasteiger partial charge on any atom is -0.384 e. The molecule has 2 atom stereocenters. The summed E-state index contributed by atoms with van der Waals surface area (Å²) in [6.07, 6.45) is -3.04. The molecule has 7 rings (SSSR count). The summed E-state index contributed by atoms with van der Waals surface area (Å²) in [5.41, 5.74) is 3.20. The van der Waals surface area contributed by atoms with Crippen molar-refractivity contribution in [1.29, 1.82) is 0 Å². The van der Waals surface area contributed by atoms with Gasteiger partial charge in [0.2, 0.25) is 6.29 Å². The molecular formula is C39H42Cl4F3N3O3. The monoisotopic (exact) mass is 797 g/mol. The molecule has 0 bridgehead atoms. The van der Waals surface area contributed by atoms with E-state index < -0.39 is 23.7 Å². The summed E-state index contributed by atoms with van der Waals surface area (Å²) in [6, 6.07) is 31.2. The number of rotatable bonds is 4. The third-order valence-electron chi connectivity index (χ3n) is 9.42. The smallest absolute Gasteiger partial charge is 0.384 e. The SMILES string of the molecule is CN1CCC(O)(c2ccc(Cl)cc2)C1.Clc1ccc(C2(c3ccc(Cl)cc3)CCNC2)cc1.O=CC(F)(F)F.OC1(c2ccc(Cl)cc2)CCNC1. The molecule has 0 spiro atoms. The lowest BCUT2D eigenvalue weighted by molar-refractivity contribution is -0.156. The predicted octanol–water partition coefficient (Wildman–Crippen LogP) is 8.40. The van der Waals surface area contributed by atoms with Gasteiger partial charge in [0.1, 0.15) is 11.2 Å². The molecule has 3 heterocycles. The Morgan fingerprint density at radius 3 is 1.29 bits per heavy atom. The molecule has 3 fully saturated rings. The van der Waals surface area contributed by atoms with Crippen LogP contribution >= 0.6 is 46.4 Å². The van der Waals surface area contributed by atoms with Crippen molar-refractivity contribution in [3.05, 3.63) is 139 Å². The molecule has 4 N–H and O–H groups in total. The second-order valence-electron chi connectivity index (χ2n) is 13.2. The largest absolute Gasteiger partial charge is 0.446 e. The molecule has 3 aliphatic rings. The summed E-state index contributed by atoms with van der Waals surface area (Å²) in [7, 11) is 2.02. The first kappa shape index (κ1) is 42.0. The molecule has 3 aliphatic heterocycles. The number of alkyl halides is 3. The average Bonchev–Trinajstić information content (AvgIpc) is 3.88. The van der Waals surface area contributed by atoms with Gasteiger partial charge < -0.3 is 25.7 Å². The maximum absolute atomic E-state index is 10.4. The fourth-order valence-electron chi connectivity index (χ4n) is 6.55. The number of benzene rings is 4. The van der Waals surface area contributed by atoms with Gasteiger partial charge in [-0.1, -0.05) is 94.9 Å². The van der Waals surface area contributed by atoms with Crippen LogP contribution in [0.15, 0.2) is 97.1 Å². The highest BCUT2D eigenvalue weighted by atomic mass is 35.5. The number of nitrogens with one attached hydrogen (secondary N) is 2. The molecule has 0 aromatic heterocycles. The zero-order valence-electron chi connectivity index (χ0n) is 28.6. The molecule has 3 saturated heterocycles. The van der Waals surface area contributed by atoms with Crippen molar-refractivity contribution in [3.63, 3.8) is 0 Å². The normalized spacial score (nSPS) is 22.3. The Morgan fingerprint density at radius 2 is 0.981 bits per heavy atom. The second kappa shape index (κ2) is 18.6. The Bertz CT molecular complexity index is 1650. The summed E-state index contributed by atoms with van der Waals surface area (Å²) < 4.78 is 31.2. The first-order chi connectivity index (χ1) is 24.6. The van der Waals surface area contributed by atoms with Gasteiger partial charge in [0.05, 0.1) is 0 Å². The lowest BCUT2D eigenvalue weighted by atomic mass is 9.74. The van der Waals surface area contributed by atoms with Crippen LogP contribution in [0.3, 0.4) is 0 Å². The number of carbonyl (C=O) groups is 1. The van der Waals surface area contributed by atoms with Crippen LogP contribution in [0.5, 0.6) is 0 Å². The first-order valence-electron chi connectivity index (χ1n) is 16.7. The van der Waals surface area contributed by atoms with E-state index in [9.17, 15) is 23.4 Å². The molecule has 4 aromatic carbocycles. The van der Waals surface area contributed by atoms with Crippen molar-refractivity contribution in [2.24, 2.45) is 0 Å². The zero-order chi connectivity index (χ0) is 38.0. The van der Waals surface area contributed by atoms with E-state index in [1.165, 1.54) is 11.1 Å². The maximum Gasteiger partial charge on any atom is 0.446 e. The van der Waals surface area contributed by atoms with Crippen molar-refractivity contribution in [2.45, 2.75) is 42.1 Å². The molecule has 0 radical (unpaired) electrons. The molecule has 280 valence electrons. The van der Waals surface area contributed by atoms with Crippen molar-refractivity contribution >= 4 is 52.7 Å². The molecule has 2 unspecified atom stereocenters.